The van der Waals surface area contributed by atoms with Gasteiger partial charge in [-0.2, -0.15) is 0 Å². The number of halogens is 1. The van der Waals surface area contributed by atoms with Crippen molar-refractivity contribution in [2.24, 2.45) is 0 Å². The number of hydrogen-bond donors (Lipinski definition) is 0. The van der Waals surface area contributed by atoms with Crippen LogP contribution in [0.4, 0.5) is 0 Å². The lowest BCUT2D eigenvalue weighted by molar-refractivity contribution is -0.127. The molecule has 0 unspecified atom stereocenters. The van der Waals surface area contributed by atoms with E-state index in [1.54, 1.807) is 30.5 Å². The summed E-state index contributed by atoms with van der Waals surface area (Å²) in [5, 5.41) is 9.13. The predicted molar refractivity (Wildman–Crippen MR) is 86.9 cm³/mol. The number of nitrogens with zero attached hydrogens (tertiary/aromatic N) is 5. The van der Waals surface area contributed by atoms with E-state index in [0.29, 0.717) is 17.5 Å². The Kier molecular flexibility index (Phi) is 5.79. The van der Waals surface area contributed by atoms with E-state index in [0.717, 1.165) is 10.7 Å². The van der Waals surface area contributed by atoms with Crippen LogP contribution < -0.4 is 0 Å². The Balaban J connectivity index is 1.88. The van der Waals surface area contributed by atoms with Crippen LogP contribution in [0.15, 0.2) is 29.8 Å². The Hall–Kier alpha value is -1.60. The Morgan fingerprint density at radius 1 is 1.45 bits per heavy atom. The van der Waals surface area contributed by atoms with E-state index in [1.165, 1.54) is 11.8 Å². The minimum atomic E-state index is 0.0262. The molecule has 0 aromatic carbocycles. The van der Waals surface area contributed by atoms with Crippen LogP contribution in [0, 0.1) is 0 Å². The van der Waals surface area contributed by atoms with Gasteiger partial charge in [0.1, 0.15) is 11.5 Å². The Labute approximate surface area is 138 Å². The zero-order valence-corrected chi connectivity index (χ0v) is 14.3. The molecule has 2 aromatic heterocycles. The van der Waals surface area contributed by atoms with Crippen molar-refractivity contribution in [2.45, 2.75) is 31.6 Å². The minimum Gasteiger partial charge on any atom is -0.341 e. The molecule has 2 heterocycles. The first-order chi connectivity index (χ1) is 10.5. The first-order valence-electron chi connectivity index (χ1n) is 6.84. The van der Waals surface area contributed by atoms with Crippen molar-refractivity contribution in [3.05, 3.63) is 35.4 Å². The van der Waals surface area contributed by atoms with E-state index in [4.69, 9.17) is 11.6 Å². The zero-order chi connectivity index (χ0) is 16.1. The molecule has 1 amide bonds. The highest BCUT2D eigenvalue weighted by atomic mass is 35.5. The number of aromatic nitrogens is 4. The third-order valence-electron chi connectivity index (χ3n) is 3.06. The molecule has 0 aliphatic carbocycles. The SMILES string of the molecule is CC(C)n1cnnc1SCC(=O)N(C)Cc1ccc(Cl)nc1. The van der Waals surface area contributed by atoms with E-state index in [9.17, 15) is 4.79 Å². The molecular weight excluding hydrogens is 322 g/mol. The van der Waals surface area contributed by atoms with Gasteiger partial charge in [0.2, 0.25) is 5.91 Å². The highest BCUT2D eigenvalue weighted by Gasteiger charge is 2.14. The third-order valence-corrected chi connectivity index (χ3v) is 4.22. The van der Waals surface area contributed by atoms with Crippen molar-refractivity contribution in [2.75, 3.05) is 12.8 Å². The van der Waals surface area contributed by atoms with Crippen molar-refractivity contribution in [1.82, 2.24) is 24.6 Å². The highest BCUT2D eigenvalue weighted by molar-refractivity contribution is 7.99. The number of thioether (sulfide) groups is 1. The largest absolute Gasteiger partial charge is 0.341 e. The molecule has 0 spiro atoms. The number of rotatable bonds is 6. The quantitative estimate of drug-likeness (QED) is 0.598. The molecule has 0 aliphatic heterocycles. The highest BCUT2D eigenvalue weighted by Crippen LogP contribution is 2.19. The summed E-state index contributed by atoms with van der Waals surface area (Å²) in [5.74, 6) is 0.349. The third kappa shape index (κ3) is 4.45. The summed E-state index contributed by atoms with van der Waals surface area (Å²) in [6.07, 6.45) is 3.36. The number of carbonyl (C=O) groups excluding carboxylic acids is 1. The van der Waals surface area contributed by atoms with Crippen molar-refractivity contribution in [3.63, 3.8) is 0 Å². The topological polar surface area (TPSA) is 63.9 Å². The number of carbonyl (C=O) groups is 1. The average Bonchev–Trinajstić information content (AvgIpc) is 2.95. The van der Waals surface area contributed by atoms with E-state index < -0.39 is 0 Å². The monoisotopic (exact) mass is 339 g/mol. The molecular formula is C14H18ClN5OS. The molecule has 6 nitrogen and oxygen atoms in total. The van der Waals surface area contributed by atoms with Gasteiger partial charge < -0.3 is 9.47 Å². The van der Waals surface area contributed by atoms with Gasteiger partial charge in [-0.1, -0.05) is 29.4 Å². The van der Waals surface area contributed by atoms with Gasteiger partial charge in [0.25, 0.3) is 0 Å². The second-order valence-corrected chi connectivity index (χ2v) is 6.47. The zero-order valence-electron chi connectivity index (χ0n) is 12.7. The molecule has 0 atom stereocenters. The second-order valence-electron chi connectivity index (χ2n) is 5.14. The Morgan fingerprint density at radius 3 is 2.86 bits per heavy atom. The van der Waals surface area contributed by atoms with Crippen molar-refractivity contribution in [3.8, 4) is 0 Å². The van der Waals surface area contributed by atoms with Gasteiger partial charge in [0.15, 0.2) is 5.16 Å². The molecule has 2 aromatic rings. The maximum atomic E-state index is 12.2. The standard InChI is InChI=1S/C14H18ClN5OS/c1-10(2)20-9-17-18-14(20)22-8-13(21)19(3)7-11-4-5-12(15)16-6-11/h4-6,9-10H,7-8H2,1-3H3. The molecule has 2 rings (SSSR count). The predicted octanol–water partition coefficient (Wildman–Crippen LogP) is 2.66. The number of pyridine rings is 1. The summed E-state index contributed by atoms with van der Waals surface area (Å²) < 4.78 is 1.95. The van der Waals surface area contributed by atoms with Crippen molar-refractivity contribution >= 4 is 29.3 Å². The van der Waals surface area contributed by atoms with Crippen LogP contribution in [0.25, 0.3) is 0 Å². The van der Waals surface area contributed by atoms with Crippen molar-refractivity contribution in [1.29, 1.82) is 0 Å². The lowest BCUT2D eigenvalue weighted by Gasteiger charge is -2.17. The van der Waals surface area contributed by atoms with Crippen LogP contribution in [-0.2, 0) is 11.3 Å². The van der Waals surface area contributed by atoms with Gasteiger partial charge in [-0.25, -0.2) is 4.98 Å². The summed E-state index contributed by atoms with van der Waals surface area (Å²) in [6, 6.07) is 3.85. The fraction of sp³-hybridized carbons (Fsp3) is 0.429. The normalized spacial score (nSPS) is 11.0. The summed E-state index contributed by atoms with van der Waals surface area (Å²) in [7, 11) is 1.77. The van der Waals surface area contributed by atoms with Gasteiger partial charge in [-0.15, -0.1) is 10.2 Å². The average molecular weight is 340 g/mol. The van der Waals surface area contributed by atoms with Gasteiger partial charge in [0.05, 0.1) is 5.75 Å². The molecule has 0 aliphatic rings. The van der Waals surface area contributed by atoms with E-state index >= 15 is 0 Å². The van der Waals surface area contributed by atoms with E-state index in [2.05, 4.69) is 29.0 Å². The lowest BCUT2D eigenvalue weighted by Crippen LogP contribution is -2.28. The smallest absolute Gasteiger partial charge is 0.233 e. The first kappa shape index (κ1) is 16.8. The van der Waals surface area contributed by atoms with Crippen LogP contribution >= 0.6 is 23.4 Å². The molecule has 22 heavy (non-hydrogen) atoms. The van der Waals surface area contributed by atoms with E-state index in [1.807, 2.05) is 10.6 Å². The molecule has 0 saturated carbocycles. The maximum Gasteiger partial charge on any atom is 0.233 e. The van der Waals surface area contributed by atoms with Gasteiger partial charge in [0, 0.05) is 25.8 Å². The number of hydrogen-bond acceptors (Lipinski definition) is 5. The second kappa shape index (κ2) is 7.60. The molecule has 118 valence electrons. The van der Waals surface area contributed by atoms with Crippen LogP contribution in [0.2, 0.25) is 5.15 Å². The van der Waals surface area contributed by atoms with Gasteiger partial charge in [-0.3, -0.25) is 4.79 Å². The maximum absolute atomic E-state index is 12.2. The summed E-state index contributed by atoms with van der Waals surface area (Å²) in [4.78, 5) is 17.9. The fourth-order valence-electron chi connectivity index (χ4n) is 1.79. The van der Waals surface area contributed by atoms with Crippen molar-refractivity contribution < 1.29 is 4.79 Å². The Bertz CT molecular complexity index is 628. The number of amides is 1. The molecule has 0 saturated heterocycles. The summed E-state index contributed by atoms with van der Waals surface area (Å²) >= 11 is 7.14. The summed E-state index contributed by atoms with van der Waals surface area (Å²) in [5.41, 5.74) is 0.940. The molecule has 0 fully saturated rings. The lowest BCUT2D eigenvalue weighted by atomic mass is 10.3. The Morgan fingerprint density at radius 2 is 2.23 bits per heavy atom. The molecule has 0 radical (unpaired) electrons. The van der Waals surface area contributed by atoms with Crippen LogP contribution in [0.5, 0.6) is 0 Å². The van der Waals surface area contributed by atoms with Gasteiger partial charge >= 0.3 is 0 Å². The fourth-order valence-corrected chi connectivity index (χ4v) is 2.88. The molecule has 0 bridgehead atoms. The van der Waals surface area contributed by atoms with Crippen LogP contribution in [0.3, 0.4) is 0 Å². The first-order valence-corrected chi connectivity index (χ1v) is 8.20. The molecule has 8 heteroatoms. The molecule has 0 N–H and O–H groups in total. The minimum absolute atomic E-state index is 0.0262. The van der Waals surface area contributed by atoms with E-state index in [-0.39, 0.29) is 11.9 Å². The van der Waals surface area contributed by atoms with Gasteiger partial charge in [-0.05, 0) is 25.5 Å². The summed E-state index contributed by atoms with van der Waals surface area (Å²) in [6.45, 7) is 4.60. The van der Waals surface area contributed by atoms with Crippen LogP contribution in [-0.4, -0.2) is 43.4 Å². The van der Waals surface area contributed by atoms with Crippen LogP contribution in [0.1, 0.15) is 25.5 Å².